The molecule has 0 atom stereocenters. The van der Waals surface area contributed by atoms with Crippen LogP contribution >= 0.6 is 0 Å². The quantitative estimate of drug-likeness (QED) is 0.664. The van der Waals surface area contributed by atoms with Gasteiger partial charge in [0.1, 0.15) is 5.75 Å². The third-order valence-corrected chi connectivity index (χ3v) is 9.45. The molecule has 0 aromatic heterocycles. The molecule has 139 valence electrons. The fraction of sp³-hybridized carbons (Fsp3) is 0.667. The van der Waals surface area contributed by atoms with Gasteiger partial charge in [0.15, 0.2) is 0 Å². The minimum Gasteiger partial charge on any atom is -0.564 e. The zero-order valence-corrected chi connectivity index (χ0v) is 16.9. The van der Waals surface area contributed by atoms with Crippen LogP contribution < -0.4 is 0 Å². The van der Waals surface area contributed by atoms with Gasteiger partial charge in [0, 0.05) is 12.0 Å². The first-order chi connectivity index (χ1) is 10.5. The van der Waals surface area contributed by atoms with E-state index >= 15 is 0 Å². The van der Waals surface area contributed by atoms with Gasteiger partial charge in [-0.15, -0.1) is 18.1 Å². The lowest BCUT2D eigenvalue weighted by atomic mass is 9.81. The van der Waals surface area contributed by atoms with Gasteiger partial charge in [-0.05, 0) is 32.4 Å². The van der Waals surface area contributed by atoms with Crippen molar-refractivity contribution < 1.29 is 22.7 Å². The molecule has 1 aromatic carbocycles. The number of phenols is 1. The third kappa shape index (κ3) is 4.54. The van der Waals surface area contributed by atoms with Gasteiger partial charge in [0.05, 0.1) is 5.56 Å². The molecule has 0 saturated heterocycles. The van der Waals surface area contributed by atoms with Gasteiger partial charge in [-0.25, -0.2) is 0 Å². The average molecular weight is 363 g/mol. The van der Waals surface area contributed by atoms with Crippen LogP contribution in [0.25, 0.3) is 0 Å². The highest BCUT2D eigenvalue weighted by atomic mass is 28.4. The summed E-state index contributed by atoms with van der Waals surface area (Å²) in [6.45, 7) is 15.8. The first-order valence-corrected chi connectivity index (χ1v) is 10.9. The highest BCUT2D eigenvalue weighted by molar-refractivity contribution is 6.74. The van der Waals surface area contributed by atoms with Gasteiger partial charge < -0.3 is 9.53 Å². The molecule has 0 aliphatic heterocycles. The van der Waals surface area contributed by atoms with Crippen LogP contribution in [0.5, 0.6) is 5.75 Å². The van der Waals surface area contributed by atoms with E-state index in [-0.39, 0.29) is 23.0 Å². The summed E-state index contributed by atoms with van der Waals surface area (Å²) in [5.41, 5.74) is -1.03. The van der Waals surface area contributed by atoms with Gasteiger partial charge in [0.2, 0.25) is 0 Å². The number of aromatic hydroxyl groups is 1. The summed E-state index contributed by atoms with van der Waals surface area (Å²) in [7, 11) is -2.07. The van der Waals surface area contributed by atoms with Crippen molar-refractivity contribution in [1.82, 2.24) is 0 Å². The van der Waals surface area contributed by atoms with Gasteiger partial charge in [-0.2, -0.15) is 13.2 Å². The van der Waals surface area contributed by atoms with Crippen LogP contribution in [-0.4, -0.2) is 20.0 Å². The normalized spacial score (nSPS) is 14.1. The van der Waals surface area contributed by atoms with Crippen molar-refractivity contribution in [2.24, 2.45) is 0 Å². The number of rotatable bonds is 4. The molecule has 0 heterocycles. The van der Waals surface area contributed by atoms with Crippen molar-refractivity contribution in [2.75, 3.05) is 6.61 Å². The second-order valence-electron chi connectivity index (χ2n) is 8.61. The second kappa shape index (κ2) is 6.37. The molecule has 24 heavy (non-hydrogen) atoms. The number of hydrogen-bond acceptors (Lipinski definition) is 2. The van der Waals surface area contributed by atoms with E-state index in [0.29, 0.717) is 5.56 Å². The summed E-state index contributed by atoms with van der Waals surface area (Å²) in [6.07, 6.45) is -4.52. The molecule has 1 N–H and O–H groups in total. The van der Waals surface area contributed by atoms with E-state index in [9.17, 15) is 18.3 Å². The number of halogens is 3. The molecule has 1 rings (SSSR count). The first kappa shape index (κ1) is 21.0. The van der Waals surface area contributed by atoms with E-state index in [2.05, 4.69) is 33.9 Å². The zero-order valence-electron chi connectivity index (χ0n) is 15.9. The summed E-state index contributed by atoms with van der Waals surface area (Å²) < 4.78 is 46.4. The zero-order chi connectivity index (χ0) is 19.1. The molecular weight excluding hydrogens is 333 g/mol. The van der Waals surface area contributed by atoms with Crippen LogP contribution in [0, 0.1) is 6.92 Å². The Hall–Kier alpha value is -1.01. The minimum absolute atomic E-state index is 0.0131. The van der Waals surface area contributed by atoms with Crippen molar-refractivity contribution >= 4 is 8.32 Å². The molecule has 6 heteroatoms. The van der Waals surface area contributed by atoms with E-state index in [1.165, 1.54) is 6.07 Å². The third-order valence-electron chi connectivity index (χ3n) is 4.97. The fourth-order valence-electron chi connectivity index (χ4n) is 2.15. The Morgan fingerprint density at radius 3 is 1.92 bits per heavy atom. The topological polar surface area (TPSA) is 29.5 Å². The predicted octanol–water partition coefficient (Wildman–Crippen LogP) is 6.02. The minimum atomic E-state index is -4.52. The number of phenolic OH excluding ortho intramolecular Hbond substituents is 1. The van der Waals surface area contributed by atoms with Gasteiger partial charge in [0.25, 0.3) is 0 Å². The molecule has 0 radical (unpaired) electrons. The van der Waals surface area contributed by atoms with E-state index < -0.39 is 25.5 Å². The standard InChI is InChI=1S/C18H29F3O2Si/c1-12-9-13(14(10-15(12)22)18(19,20)21)17(5,6)11-23-24(7,8)16(2,3)4/h9-10,22H,11H2,1-8H3/q-1. The summed E-state index contributed by atoms with van der Waals surface area (Å²) in [6, 6.07) is 2.24. The Bertz CT molecular complexity index is 600. The van der Waals surface area contributed by atoms with E-state index in [1.54, 1.807) is 20.8 Å². The summed E-state index contributed by atoms with van der Waals surface area (Å²) >= 11 is 0. The maximum atomic E-state index is 13.4. The average Bonchev–Trinajstić information content (AvgIpc) is 2.36. The molecule has 0 fully saturated rings. The highest BCUT2D eigenvalue weighted by Gasteiger charge is 2.39. The lowest BCUT2D eigenvalue weighted by Crippen LogP contribution is -2.44. The van der Waals surface area contributed by atoms with Gasteiger partial charge >= 0.3 is 6.18 Å². The Kier molecular flexibility index (Phi) is 5.58. The number of benzene rings is 1. The van der Waals surface area contributed by atoms with Crippen molar-refractivity contribution in [3.05, 3.63) is 28.8 Å². The van der Waals surface area contributed by atoms with Crippen molar-refractivity contribution in [3.8, 4) is 5.75 Å². The van der Waals surface area contributed by atoms with Crippen LogP contribution in [-0.2, 0) is 16.0 Å². The maximum absolute atomic E-state index is 13.4. The first-order valence-electron chi connectivity index (χ1n) is 8.04. The molecule has 1 aromatic rings. The Morgan fingerprint density at radius 2 is 1.50 bits per heavy atom. The predicted molar refractivity (Wildman–Crippen MR) is 94.0 cm³/mol. The molecule has 0 aliphatic carbocycles. The highest BCUT2D eigenvalue weighted by Crippen LogP contribution is 2.42. The number of aryl methyl sites for hydroxylation is 1. The van der Waals surface area contributed by atoms with Crippen molar-refractivity contribution in [2.45, 2.75) is 71.3 Å². The fourth-order valence-corrected chi connectivity index (χ4v) is 3.30. The lowest BCUT2D eigenvalue weighted by molar-refractivity contribution is -0.139. The summed E-state index contributed by atoms with van der Waals surface area (Å²) in [5, 5.41) is 9.68. The molecule has 0 amide bonds. The number of hydrogen-bond donors (Lipinski definition) is 1. The molecular formula is C18H29F3O2Si-. The van der Waals surface area contributed by atoms with Crippen LogP contribution in [0.4, 0.5) is 13.2 Å². The number of alkyl halides is 3. The van der Waals surface area contributed by atoms with Crippen LogP contribution in [0.1, 0.15) is 51.3 Å². The molecule has 0 unspecified atom stereocenters. The van der Waals surface area contributed by atoms with Gasteiger partial charge in [-0.1, -0.05) is 40.7 Å². The lowest BCUT2D eigenvalue weighted by Gasteiger charge is -2.50. The van der Waals surface area contributed by atoms with Crippen LogP contribution in [0.3, 0.4) is 0 Å². The monoisotopic (exact) mass is 362 g/mol. The molecule has 0 saturated carbocycles. The van der Waals surface area contributed by atoms with E-state index in [1.807, 2.05) is 0 Å². The summed E-state index contributed by atoms with van der Waals surface area (Å²) in [4.78, 5) is 0. The van der Waals surface area contributed by atoms with Crippen molar-refractivity contribution in [1.29, 1.82) is 0 Å². The van der Waals surface area contributed by atoms with E-state index in [4.69, 9.17) is 4.43 Å². The Balaban J connectivity index is 3.26. The largest absolute Gasteiger partial charge is 0.564 e. The maximum Gasteiger partial charge on any atom is 0.416 e. The molecule has 0 aliphatic rings. The Morgan fingerprint density at radius 1 is 1.00 bits per heavy atom. The molecule has 0 spiro atoms. The van der Waals surface area contributed by atoms with Crippen LogP contribution in [0.15, 0.2) is 12.1 Å². The molecule has 0 bridgehead atoms. The van der Waals surface area contributed by atoms with Crippen molar-refractivity contribution in [3.63, 3.8) is 0 Å². The van der Waals surface area contributed by atoms with Crippen LogP contribution in [0.2, 0.25) is 18.1 Å². The molecule has 2 nitrogen and oxygen atoms in total. The Labute approximate surface area is 144 Å². The second-order valence-corrected chi connectivity index (χ2v) is 13.4. The van der Waals surface area contributed by atoms with E-state index in [0.717, 1.165) is 6.07 Å². The SMILES string of the molecule is Cc1cc(C(C)(C)CO[Si-](C)(C)C(C)(C)C)c(C(F)(F)F)cc1O. The summed E-state index contributed by atoms with van der Waals surface area (Å²) in [5.74, 6) is -0.341. The van der Waals surface area contributed by atoms with Gasteiger partial charge in [-0.3, -0.25) is 0 Å². The smallest absolute Gasteiger partial charge is 0.416 e.